The van der Waals surface area contributed by atoms with Gasteiger partial charge in [0, 0.05) is 6.54 Å². The Morgan fingerprint density at radius 1 is 1.14 bits per heavy atom. The van der Waals surface area contributed by atoms with Crippen LogP contribution in [0.2, 0.25) is 0 Å². The summed E-state index contributed by atoms with van der Waals surface area (Å²) >= 11 is 0. The second-order valence-corrected chi connectivity index (χ2v) is 2.98. The molecule has 1 aromatic carbocycles. The van der Waals surface area contributed by atoms with E-state index in [0.717, 1.165) is 5.56 Å². The summed E-state index contributed by atoms with van der Waals surface area (Å²) in [6.07, 6.45) is -3.10. The second-order valence-electron chi connectivity index (χ2n) is 2.98. The molecule has 78 valence electrons. The largest absolute Gasteiger partial charge is 0.387 e. The van der Waals surface area contributed by atoms with Gasteiger partial charge in [0.15, 0.2) is 0 Å². The van der Waals surface area contributed by atoms with Gasteiger partial charge in [-0.15, -0.1) is 0 Å². The minimum Gasteiger partial charge on any atom is -0.387 e. The third-order valence-electron chi connectivity index (χ3n) is 1.82. The van der Waals surface area contributed by atoms with Crippen LogP contribution in [-0.4, -0.2) is 24.6 Å². The quantitative estimate of drug-likeness (QED) is 0.758. The van der Waals surface area contributed by atoms with Gasteiger partial charge in [-0.05, 0) is 5.56 Å². The third kappa shape index (κ3) is 3.81. The molecule has 1 atom stereocenters. The van der Waals surface area contributed by atoms with Crippen LogP contribution in [0.15, 0.2) is 30.3 Å². The van der Waals surface area contributed by atoms with Gasteiger partial charge >= 0.3 is 0 Å². The molecule has 2 N–H and O–H groups in total. The van der Waals surface area contributed by atoms with Crippen molar-refractivity contribution in [2.24, 2.45) is 0 Å². The van der Waals surface area contributed by atoms with Crippen molar-refractivity contribution >= 4 is 0 Å². The molecule has 2 nitrogen and oxygen atoms in total. The zero-order valence-corrected chi connectivity index (χ0v) is 7.66. The van der Waals surface area contributed by atoms with Gasteiger partial charge in [0.05, 0.1) is 12.6 Å². The summed E-state index contributed by atoms with van der Waals surface area (Å²) in [5, 5.41) is 12.0. The number of rotatable bonds is 5. The lowest BCUT2D eigenvalue weighted by Gasteiger charge is -2.11. The number of hydrogen-bond acceptors (Lipinski definition) is 2. The number of aliphatic hydroxyl groups is 1. The first-order valence-corrected chi connectivity index (χ1v) is 4.42. The third-order valence-corrected chi connectivity index (χ3v) is 1.82. The van der Waals surface area contributed by atoms with Crippen LogP contribution < -0.4 is 5.32 Å². The molecule has 0 aliphatic carbocycles. The summed E-state index contributed by atoms with van der Waals surface area (Å²) in [7, 11) is 0. The van der Waals surface area contributed by atoms with E-state index < -0.39 is 12.5 Å². The maximum absolute atomic E-state index is 11.7. The lowest BCUT2D eigenvalue weighted by Crippen LogP contribution is -2.26. The Labute approximate surface area is 81.6 Å². The van der Waals surface area contributed by atoms with E-state index in [1.54, 1.807) is 24.3 Å². The van der Waals surface area contributed by atoms with Crippen LogP contribution in [0.5, 0.6) is 0 Å². The average molecular weight is 201 g/mol. The van der Waals surface area contributed by atoms with E-state index >= 15 is 0 Å². The van der Waals surface area contributed by atoms with Crippen LogP contribution in [0.4, 0.5) is 8.78 Å². The fourth-order valence-electron chi connectivity index (χ4n) is 1.12. The standard InChI is InChI=1S/C10H13F2NO/c11-10(12)7-13-6-9(14)8-4-2-1-3-5-8/h1-5,9-10,13-14H,6-7H2. The number of hydrogen-bond donors (Lipinski definition) is 2. The summed E-state index contributed by atoms with van der Waals surface area (Å²) in [6, 6.07) is 8.95. The van der Waals surface area contributed by atoms with E-state index in [1.165, 1.54) is 0 Å². The minimum atomic E-state index is -2.38. The van der Waals surface area contributed by atoms with Crippen LogP contribution in [0.3, 0.4) is 0 Å². The number of alkyl halides is 2. The molecule has 0 spiro atoms. The topological polar surface area (TPSA) is 32.3 Å². The van der Waals surface area contributed by atoms with Gasteiger partial charge < -0.3 is 10.4 Å². The number of benzene rings is 1. The minimum absolute atomic E-state index is 0.147. The molecule has 0 aliphatic heterocycles. The molecule has 1 rings (SSSR count). The summed E-state index contributed by atoms with van der Waals surface area (Å²) < 4.78 is 23.5. The zero-order valence-electron chi connectivity index (χ0n) is 7.66. The molecule has 1 unspecified atom stereocenters. The molecule has 0 bridgehead atoms. The smallest absolute Gasteiger partial charge is 0.250 e. The van der Waals surface area contributed by atoms with Crippen LogP contribution in [0.25, 0.3) is 0 Å². The first-order chi connectivity index (χ1) is 6.70. The van der Waals surface area contributed by atoms with Gasteiger partial charge in [-0.2, -0.15) is 0 Å². The predicted molar refractivity (Wildman–Crippen MR) is 50.3 cm³/mol. The molecular formula is C10H13F2NO. The van der Waals surface area contributed by atoms with E-state index in [1.807, 2.05) is 6.07 Å². The first kappa shape index (κ1) is 11.1. The van der Waals surface area contributed by atoms with Crippen LogP contribution in [0, 0.1) is 0 Å². The van der Waals surface area contributed by atoms with Gasteiger partial charge in [0.25, 0.3) is 6.43 Å². The molecule has 1 aromatic rings. The zero-order chi connectivity index (χ0) is 10.4. The highest BCUT2D eigenvalue weighted by molar-refractivity contribution is 5.17. The summed E-state index contributed by atoms with van der Waals surface area (Å²) in [5.41, 5.74) is 0.731. The summed E-state index contributed by atoms with van der Waals surface area (Å²) in [6.45, 7) is -0.238. The molecule has 0 radical (unpaired) electrons. The lowest BCUT2D eigenvalue weighted by atomic mass is 10.1. The van der Waals surface area contributed by atoms with E-state index in [2.05, 4.69) is 5.32 Å². The monoisotopic (exact) mass is 201 g/mol. The van der Waals surface area contributed by atoms with Gasteiger partial charge in [-0.1, -0.05) is 30.3 Å². The van der Waals surface area contributed by atoms with E-state index in [0.29, 0.717) is 0 Å². The Kier molecular flexibility index (Phi) is 4.49. The Balaban J connectivity index is 2.32. The number of halogens is 2. The first-order valence-electron chi connectivity index (χ1n) is 4.42. The molecule has 0 saturated carbocycles. The van der Waals surface area contributed by atoms with Crippen LogP contribution in [0.1, 0.15) is 11.7 Å². The van der Waals surface area contributed by atoms with Crippen LogP contribution in [-0.2, 0) is 0 Å². The van der Waals surface area contributed by atoms with Gasteiger partial charge in [-0.25, -0.2) is 8.78 Å². The average Bonchev–Trinajstić information content (AvgIpc) is 2.18. The molecule has 0 amide bonds. The Morgan fingerprint density at radius 2 is 1.79 bits per heavy atom. The highest BCUT2D eigenvalue weighted by Crippen LogP contribution is 2.10. The fraction of sp³-hybridized carbons (Fsp3) is 0.400. The molecule has 4 heteroatoms. The lowest BCUT2D eigenvalue weighted by molar-refractivity contribution is 0.129. The SMILES string of the molecule is OC(CNCC(F)F)c1ccccc1. The Hall–Kier alpha value is -1.00. The molecule has 0 heterocycles. The van der Waals surface area contributed by atoms with Gasteiger partial charge in [-0.3, -0.25) is 0 Å². The summed E-state index contributed by atoms with van der Waals surface area (Å²) in [5.74, 6) is 0. The van der Waals surface area contributed by atoms with Crippen molar-refractivity contribution in [2.75, 3.05) is 13.1 Å². The van der Waals surface area contributed by atoms with Gasteiger partial charge in [0.2, 0.25) is 0 Å². The highest BCUT2D eigenvalue weighted by atomic mass is 19.3. The molecular weight excluding hydrogens is 188 g/mol. The molecule has 0 fully saturated rings. The molecule has 0 aliphatic rings. The Bertz CT molecular complexity index is 254. The van der Waals surface area contributed by atoms with Crippen molar-refractivity contribution in [3.63, 3.8) is 0 Å². The molecule has 0 saturated heterocycles. The predicted octanol–water partition coefficient (Wildman–Crippen LogP) is 1.57. The number of nitrogens with one attached hydrogen (secondary N) is 1. The van der Waals surface area contributed by atoms with E-state index in [9.17, 15) is 13.9 Å². The second kappa shape index (κ2) is 5.67. The van der Waals surface area contributed by atoms with Crippen molar-refractivity contribution < 1.29 is 13.9 Å². The molecule has 0 aromatic heterocycles. The highest BCUT2D eigenvalue weighted by Gasteiger charge is 2.07. The maximum Gasteiger partial charge on any atom is 0.250 e. The normalized spacial score (nSPS) is 13.1. The van der Waals surface area contributed by atoms with E-state index in [-0.39, 0.29) is 13.1 Å². The van der Waals surface area contributed by atoms with Crippen LogP contribution >= 0.6 is 0 Å². The van der Waals surface area contributed by atoms with Crippen molar-refractivity contribution in [3.8, 4) is 0 Å². The maximum atomic E-state index is 11.7. The van der Waals surface area contributed by atoms with Gasteiger partial charge in [0.1, 0.15) is 0 Å². The van der Waals surface area contributed by atoms with Crippen molar-refractivity contribution in [1.82, 2.24) is 5.32 Å². The van der Waals surface area contributed by atoms with Crippen molar-refractivity contribution in [2.45, 2.75) is 12.5 Å². The van der Waals surface area contributed by atoms with Crippen molar-refractivity contribution in [1.29, 1.82) is 0 Å². The van der Waals surface area contributed by atoms with E-state index in [4.69, 9.17) is 0 Å². The Morgan fingerprint density at radius 3 is 2.36 bits per heavy atom. The molecule has 14 heavy (non-hydrogen) atoms. The van der Waals surface area contributed by atoms with Crippen molar-refractivity contribution in [3.05, 3.63) is 35.9 Å². The number of aliphatic hydroxyl groups excluding tert-OH is 1. The summed E-state index contributed by atoms with van der Waals surface area (Å²) in [4.78, 5) is 0. The fourth-order valence-corrected chi connectivity index (χ4v) is 1.12.